The second-order valence-electron chi connectivity index (χ2n) is 6.88. The van der Waals surface area contributed by atoms with Gasteiger partial charge in [0.05, 0.1) is 0 Å². The zero-order valence-electron chi connectivity index (χ0n) is 15.3. The summed E-state index contributed by atoms with van der Waals surface area (Å²) in [6.07, 6.45) is 11.9. The number of pyridine rings is 1. The van der Waals surface area contributed by atoms with Crippen molar-refractivity contribution in [3.05, 3.63) is 42.4 Å². The molecule has 1 amide bonds. The fourth-order valence-electron chi connectivity index (χ4n) is 3.36. The van der Waals surface area contributed by atoms with Crippen molar-refractivity contribution in [2.45, 2.75) is 51.5 Å². The van der Waals surface area contributed by atoms with Gasteiger partial charge in [0, 0.05) is 24.0 Å². The molecule has 0 spiro atoms. The summed E-state index contributed by atoms with van der Waals surface area (Å²) in [5.74, 6) is 1.50. The quantitative estimate of drug-likeness (QED) is 0.713. The summed E-state index contributed by atoms with van der Waals surface area (Å²) in [5.41, 5.74) is 1.15. The Morgan fingerprint density at radius 2 is 2.04 bits per heavy atom. The molecule has 140 valence electrons. The molecule has 0 saturated heterocycles. The Morgan fingerprint density at radius 1 is 1.22 bits per heavy atom. The van der Waals surface area contributed by atoms with Crippen molar-refractivity contribution in [1.29, 1.82) is 0 Å². The molecule has 1 aliphatic carbocycles. The lowest BCUT2D eigenvalue weighted by Gasteiger charge is -2.15. The van der Waals surface area contributed by atoms with Crippen LogP contribution in [0.4, 0.5) is 0 Å². The molecular weight excluding hydrogens is 344 g/mol. The van der Waals surface area contributed by atoms with Gasteiger partial charge in [0.25, 0.3) is 11.8 Å². The molecule has 0 bridgehead atoms. The number of amides is 1. The van der Waals surface area contributed by atoms with Crippen molar-refractivity contribution in [3.63, 3.8) is 0 Å². The highest BCUT2D eigenvalue weighted by atomic mass is 16.5. The average Bonchev–Trinajstić information content (AvgIpc) is 3.27. The van der Waals surface area contributed by atoms with Crippen LogP contribution in [0.15, 0.2) is 35.4 Å². The van der Waals surface area contributed by atoms with E-state index in [-0.39, 0.29) is 11.9 Å². The number of carbonyl (C=O) groups excluding carboxylic acids is 1. The molecule has 1 N–H and O–H groups in total. The third-order valence-electron chi connectivity index (χ3n) is 4.79. The maximum atomic E-state index is 12.5. The van der Waals surface area contributed by atoms with Crippen LogP contribution in [0.2, 0.25) is 0 Å². The predicted octanol–water partition coefficient (Wildman–Crippen LogP) is 3.08. The molecule has 3 aromatic rings. The first-order valence-electron chi connectivity index (χ1n) is 9.31. The van der Waals surface area contributed by atoms with E-state index in [0.29, 0.717) is 23.2 Å². The Labute approximate surface area is 157 Å². The maximum Gasteiger partial charge on any atom is 0.271 e. The van der Waals surface area contributed by atoms with E-state index in [4.69, 9.17) is 4.52 Å². The van der Waals surface area contributed by atoms with Gasteiger partial charge in [-0.1, -0.05) is 30.8 Å². The Balaban J connectivity index is 1.49. The lowest BCUT2D eigenvalue weighted by molar-refractivity contribution is 0.0928. The van der Waals surface area contributed by atoms with Crippen molar-refractivity contribution in [1.82, 2.24) is 30.0 Å². The molecule has 1 saturated carbocycles. The number of aromatic nitrogens is 5. The van der Waals surface area contributed by atoms with E-state index in [9.17, 15) is 4.79 Å². The minimum atomic E-state index is -0.135. The summed E-state index contributed by atoms with van der Waals surface area (Å²) in [7, 11) is 0. The summed E-state index contributed by atoms with van der Waals surface area (Å²) in [4.78, 5) is 25.3. The third-order valence-corrected chi connectivity index (χ3v) is 4.79. The highest BCUT2D eigenvalue weighted by Crippen LogP contribution is 2.20. The first kappa shape index (κ1) is 17.4. The predicted molar refractivity (Wildman–Crippen MR) is 98.3 cm³/mol. The molecule has 0 aromatic carbocycles. The van der Waals surface area contributed by atoms with Gasteiger partial charge >= 0.3 is 0 Å². The van der Waals surface area contributed by atoms with E-state index in [1.54, 1.807) is 36.3 Å². The van der Waals surface area contributed by atoms with Crippen molar-refractivity contribution in [2.75, 3.05) is 0 Å². The zero-order valence-corrected chi connectivity index (χ0v) is 15.3. The molecule has 27 heavy (non-hydrogen) atoms. The van der Waals surface area contributed by atoms with Crippen LogP contribution in [-0.2, 0) is 0 Å². The van der Waals surface area contributed by atoms with E-state index in [0.717, 1.165) is 18.4 Å². The van der Waals surface area contributed by atoms with E-state index in [1.807, 2.05) is 6.07 Å². The van der Waals surface area contributed by atoms with Gasteiger partial charge in [0.15, 0.2) is 5.82 Å². The number of carbonyl (C=O) groups is 1. The van der Waals surface area contributed by atoms with Crippen LogP contribution < -0.4 is 5.32 Å². The Kier molecular flexibility index (Phi) is 4.95. The van der Waals surface area contributed by atoms with Crippen LogP contribution in [0.3, 0.4) is 0 Å². The standard InChI is InChI=1S/C19H22N6O2/c1-13-22-19(27-24-13)14-8-9-20-17(10-14)25-11-16(21-12-25)18(26)23-15-6-4-2-3-5-7-15/h8-12,15H,2-7H2,1H3,(H,23,26). The fraction of sp³-hybridized carbons (Fsp3) is 0.421. The van der Waals surface area contributed by atoms with Crippen LogP contribution in [0.1, 0.15) is 54.8 Å². The summed E-state index contributed by atoms with van der Waals surface area (Å²) in [5, 5.41) is 6.92. The van der Waals surface area contributed by atoms with Gasteiger partial charge in [0.1, 0.15) is 17.8 Å². The fourth-order valence-corrected chi connectivity index (χ4v) is 3.36. The summed E-state index contributed by atoms with van der Waals surface area (Å²) in [6.45, 7) is 1.77. The molecule has 0 atom stereocenters. The molecule has 8 heteroatoms. The van der Waals surface area contributed by atoms with Gasteiger partial charge in [-0.25, -0.2) is 9.97 Å². The van der Waals surface area contributed by atoms with Crippen LogP contribution in [0.25, 0.3) is 17.3 Å². The highest BCUT2D eigenvalue weighted by Gasteiger charge is 2.18. The lowest BCUT2D eigenvalue weighted by Crippen LogP contribution is -2.34. The van der Waals surface area contributed by atoms with E-state index in [2.05, 4.69) is 25.4 Å². The topological polar surface area (TPSA) is 98.7 Å². The third kappa shape index (κ3) is 4.05. The molecule has 0 aliphatic heterocycles. The number of imidazole rings is 1. The molecule has 1 aliphatic rings. The Hall–Kier alpha value is -3.03. The first-order chi connectivity index (χ1) is 13.2. The van der Waals surface area contributed by atoms with Gasteiger partial charge in [-0.2, -0.15) is 4.98 Å². The largest absolute Gasteiger partial charge is 0.348 e. The molecular formula is C19H22N6O2. The zero-order chi connectivity index (χ0) is 18.6. The minimum absolute atomic E-state index is 0.135. The summed E-state index contributed by atoms with van der Waals surface area (Å²) >= 11 is 0. The number of hydrogen-bond acceptors (Lipinski definition) is 6. The Bertz CT molecular complexity index is 924. The van der Waals surface area contributed by atoms with Crippen molar-refractivity contribution in [3.8, 4) is 17.3 Å². The summed E-state index contributed by atoms with van der Waals surface area (Å²) < 4.78 is 6.92. The first-order valence-corrected chi connectivity index (χ1v) is 9.31. The van der Waals surface area contributed by atoms with Crippen LogP contribution in [0.5, 0.6) is 0 Å². The van der Waals surface area contributed by atoms with Gasteiger partial charge in [0.2, 0.25) is 0 Å². The average molecular weight is 366 g/mol. The number of hydrogen-bond donors (Lipinski definition) is 1. The highest BCUT2D eigenvalue weighted by molar-refractivity contribution is 5.92. The van der Waals surface area contributed by atoms with Crippen molar-refractivity contribution >= 4 is 5.91 Å². The number of nitrogens with one attached hydrogen (secondary N) is 1. The Morgan fingerprint density at radius 3 is 2.78 bits per heavy atom. The SMILES string of the molecule is Cc1noc(-c2ccnc(-n3cnc(C(=O)NC4CCCCCC4)c3)c2)n1. The van der Waals surface area contributed by atoms with E-state index in [1.165, 1.54) is 25.7 Å². The number of nitrogens with zero attached hydrogens (tertiary/aromatic N) is 5. The second kappa shape index (κ2) is 7.69. The molecule has 3 heterocycles. The van der Waals surface area contributed by atoms with Crippen LogP contribution >= 0.6 is 0 Å². The number of aryl methyl sites for hydroxylation is 1. The molecule has 4 rings (SSSR count). The van der Waals surface area contributed by atoms with Crippen molar-refractivity contribution < 1.29 is 9.32 Å². The van der Waals surface area contributed by atoms with Crippen LogP contribution in [0, 0.1) is 6.92 Å². The number of rotatable bonds is 4. The van der Waals surface area contributed by atoms with Gasteiger partial charge in [-0.15, -0.1) is 0 Å². The van der Waals surface area contributed by atoms with Gasteiger partial charge in [-0.3, -0.25) is 9.36 Å². The normalized spacial score (nSPS) is 15.4. The van der Waals surface area contributed by atoms with Crippen molar-refractivity contribution in [2.24, 2.45) is 0 Å². The van der Waals surface area contributed by atoms with E-state index >= 15 is 0 Å². The monoisotopic (exact) mass is 366 g/mol. The summed E-state index contributed by atoms with van der Waals surface area (Å²) in [6, 6.07) is 3.86. The molecule has 3 aromatic heterocycles. The smallest absolute Gasteiger partial charge is 0.271 e. The van der Waals surface area contributed by atoms with Crippen LogP contribution in [-0.4, -0.2) is 36.6 Å². The molecule has 0 radical (unpaired) electrons. The maximum absolute atomic E-state index is 12.5. The molecule has 1 fully saturated rings. The van der Waals surface area contributed by atoms with Gasteiger partial charge in [-0.05, 0) is 31.9 Å². The molecule has 8 nitrogen and oxygen atoms in total. The van der Waals surface area contributed by atoms with Gasteiger partial charge < -0.3 is 9.84 Å². The minimum Gasteiger partial charge on any atom is -0.348 e. The lowest BCUT2D eigenvalue weighted by atomic mass is 10.1. The second-order valence-corrected chi connectivity index (χ2v) is 6.88. The van der Waals surface area contributed by atoms with E-state index < -0.39 is 0 Å². The molecule has 0 unspecified atom stereocenters.